The number of hydrogen-bond donors (Lipinski definition) is 1. The first kappa shape index (κ1) is 12.6. The Hall–Kier alpha value is -0.470. The minimum Gasteiger partial charge on any atom is -0.316 e. The summed E-state index contributed by atoms with van der Waals surface area (Å²) in [6.45, 7) is 2.39. The number of benzene rings is 1. The van der Waals surface area contributed by atoms with Crippen LogP contribution in [0.4, 0.5) is 0 Å². The molecular formula is C16H23NS. The van der Waals surface area contributed by atoms with Crippen molar-refractivity contribution in [2.75, 3.05) is 13.1 Å². The van der Waals surface area contributed by atoms with E-state index >= 15 is 0 Å². The molecule has 2 aliphatic rings. The highest BCUT2D eigenvalue weighted by Gasteiger charge is 2.21. The maximum atomic E-state index is 3.67. The van der Waals surface area contributed by atoms with E-state index in [1.807, 2.05) is 0 Å². The lowest BCUT2D eigenvalue weighted by atomic mass is 10.0. The van der Waals surface area contributed by atoms with E-state index in [1.165, 1.54) is 56.5 Å². The smallest absolute Gasteiger partial charge is 0.0260 e. The second kappa shape index (κ2) is 6.12. The predicted molar refractivity (Wildman–Crippen MR) is 79.2 cm³/mol. The van der Waals surface area contributed by atoms with E-state index < -0.39 is 0 Å². The van der Waals surface area contributed by atoms with E-state index in [1.54, 1.807) is 5.56 Å². The summed E-state index contributed by atoms with van der Waals surface area (Å²) < 4.78 is 0. The van der Waals surface area contributed by atoms with Crippen molar-refractivity contribution < 1.29 is 0 Å². The minimum absolute atomic E-state index is 0.756. The van der Waals surface area contributed by atoms with E-state index in [2.05, 4.69) is 41.3 Å². The zero-order chi connectivity index (χ0) is 12.2. The lowest BCUT2D eigenvalue weighted by molar-refractivity contribution is 0.477. The van der Waals surface area contributed by atoms with Crippen molar-refractivity contribution in [1.29, 1.82) is 0 Å². The van der Waals surface area contributed by atoms with Crippen LogP contribution in [0.3, 0.4) is 0 Å². The molecule has 0 amide bonds. The molecular weight excluding hydrogens is 238 g/mol. The van der Waals surface area contributed by atoms with Gasteiger partial charge in [0.25, 0.3) is 0 Å². The van der Waals surface area contributed by atoms with Gasteiger partial charge < -0.3 is 5.32 Å². The molecule has 1 fully saturated rings. The van der Waals surface area contributed by atoms with Crippen molar-refractivity contribution in [3.8, 4) is 0 Å². The number of fused-ring (bicyclic) bond motifs is 1. The normalized spacial score (nSPS) is 23.4. The van der Waals surface area contributed by atoms with Crippen molar-refractivity contribution in [2.45, 2.75) is 48.7 Å². The molecule has 1 saturated carbocycles. The molecule has 1 aromatic carbocycles. The number of hydrogen-bond acceptors (Lipinski definition) is 2. The molecule has 0 saturated heterocycles. The molecule has 1 atom stereocenters. The SMILES string of the molecule is c1ccc2c(c1)CC(CNCCC1CCCC1)S2. The number of rotatable bonds is 5. The first-order valence-corrected chi connectivity index (χ1v) is 8.25. The third-order valence-corrected chi connectivity index (χ3v) is 5.61. The molecule has 98 valence electrons. The van der Waals surface area contributed by atoms with Crippen molar-refractivity contribution in [2.24, 2.45) is 5.92 Å². The van der Waals surface area contributed by atoms with Crippen LogP contribution >= 0.6 is 11.8 Å². The van der Waals surface area contributed by atoms with Gasteiger partial charge >= 0.3 is 0 Å². The van der Waals surface area contributed by atoms with Gasteiger partial charge in [-0.1, -0.05) is 43.9 Å². The number of thioether (sulfide) groups is 1. The van der Waals surface area contributed by atoms with Gasteiger partial charge in [0.15, 0.2) is 0 Å². The second-order valence-electron chi connectivity index (χ2n) is 5.69. The van der Waals surface area contributed by atoms with Crippen LogP contribution in [0.15, 0.2) is 29.2 Å². The third kappa shape index (κ3) is 3.10. The Morgan fingerprint density at radius 3 is 2.83 bits per heavy atom. The van der Waals surface area contributed by atoms with Gasteiger partial charge in [0, 0.05) is 16.7 Å². The lowest BCUT2D eigenvalue weighted by Crippen LogP contribution is -2.26. The van der Waals surface area contributed by atoms with Gasteiger partial charge in [-0.25, -0.2) is 0 Å². The molecule has 1 unspecified atom stereocenters. The maximum absolute atomic E-state index is 3.67. The molecule has 1 heterocycles. The van der Waals surface area contributed by atoms with Crippen molar-refractivity contribution in [3.63, 3.8) is 0 Å². The summed E-state index contributed by atoms with van der Waals surface area (Å²) in [5, 5.41) is 4.42. The third-order valence-electron chi connectivity index (χ3n) is 4.29. The molecule has 1 aliphatic heterocycles. The van der Waals surface area contributed by atoms with E-state index in [0.717, 1.165) is 11.2 Å². The first-order chi connectivity index (χ1) is 8.92. The first-order valence-electron chi connectivity index (χ1n) is 7.37. The molecule has 1 N–H and O–H groups in total. The van der Waals surface area contributed by atoms with Crippen molar-refractivity contribution >= 4 is 11.8 Å². The summed E-state index contributed by atoms with van der Waals surface area (Å²) >= 11 is 2.06. The van der Waals surface area contributed by atoms with Gasteiger partial charge in [0.05, 0.1) is 0 Å². The molecule has 0 radical (unpaired) electrons. The van der Waals surface area contributed by atoms with Gasteiger partial charge in [-0.2, -0.15) is 0 Å². The largest absolute Gasteiger partial charge is 0.316 e. The molecule has 0 aromatic heterocycles. The monoisotopic (exact) mass is 261 g/mol. The summed E-state index contributed by atoms with van der Waals surface area (Å²) in [5.41, 5.74) is 1.55. The molecule has 2 heteroatoms. The fraction of sp³-hybridized carbons (Fsp3) is 0.625. The highest BCUT2D eigenvalue weighted by Crippen LogP contribution is 2.36. The van der Waals surface area contributed by atoms with Crippen LogP contribution in [0.25, 0.3) is 0 Å². The Morgan fingerprint density at radius 2 is 2.00 bits per heavy atom. The Bertz CT molecular complexity index is 359. The van der Waals surface area contributed by atoms with Crippen LogP contribution in [0.1, 0.15) is 37.7 Å². The zero-order valence-corrected chi connectivity index (χ0v) is 11.8. The van der Waals surface area contributed by atoms with Crippen LogP contribution in [0, 0.1) is 5.92 Å². The van der Waals surface area contributed by atoms with Crippen LogP contribution in [0.5, 0.6) is 0 Å². The van der Waals surface area contributed by atoms with Gasteiger partial charge in [0.2, 0.25) is 0 Å². The van der Waals surface area contributed by atoms with E-state index in [9.17, 15) is 0 Å². The Balaban J connectivity index is 1.35. The quantitative estimate of drug-likeness (QED) is 0.807. The highest BCUT2D eigenvalue weighted by atomic mass is 32.2. The molecule has 1 aromatic rings. The second-order valence-corrected chi connectivity index (χ2v) is 7.04. The molecule has 3 rings (SSSR count). The van der Waals surface area contributed by atoms with Crippen LogP contribution in [-0.2, 0) is 6.42 Å². The summed E-state index contributed by atoms with van der Waals surface area (Å²) in [6.07, 6.45) is 8.54. The van der Waals surface area contributed by atoms with Gasteiger partial charge in [-0.15, -0.1) is 11.8 Å². The van der Waals surface area contributed by atoms with Crippen molar-refractivity contribution in [1.82, 2.24) is 5.32 Å². The molecule has 1 aliphatic carbocycles. The molecule has 18 heavy (non-hydrogen) atoms. The Morgan fingerprint density at radius 1 is 1.17 bits per heavy atom. The maximum Gasteiger partial charge on any atom is 0.0260 e. The fourth-order valence-corrected chi connectivity index (χ4v) is 4.52. The standard InChI is InChI=1S/C16H23NS/c1-2-6-13(5-1)9-10-17-12-15-11-14-7-3-4-8-16(14)18-15/h3-4,7-8,13,15,17H,1-2,5-6,9-12H2. The molecule has 1 nitrogen and oxygen atoms in total. The number of nitrogens with one attached hydrogen (secondary N) is 1. The predicted octanol–water partition coefficient (Wildman–Crippen LogP) is 3.87. The average Bonchev–Trinajstić information content (AvgIpc) is 3.03. The summed E-state index contributed by atoms with van der Waals surface area (Å²) in [7, 11) is 0. The summed E-state index contributed by atoms with van der Waals surface area (Å²) in [5.74, 6) is 1.02. The Labute approximate surface area is 115 Å². The lowest BCUT2D eigenvalue weighted by Gasteiger charge is -2.12. The Kier molecular flexibility index (Phi) is 4.27. The van der Waals surface area contributed by atoms with Crippen LogP contribution < -0.4 is 5.32 Å². The average molecular weight is 261 g/mol. The molecule has 0 spiro atoms. The van der Waals surface area contributed by atoms with E-state index in [4.69, 9.17) is 0 Å². The highest BCUT2D eigenvalue weighted by molar-refractivity contribution is 8.00. The van der Waals surface area contributed by atoms with Gasteiger partial charge in [-0.3, -0.25) is 0 Å². The van der Waals surface area contributed by atoms with E-state index in [-0.39, 0.29) is 0 Å². The summed E-state index contributed by atoms with van der Waals surface area (Å²) in [4.78, 5) is 1.50. The summed E-state index contributed by atoms with van der Waals surface area (Å²) in [6, 6.07) is 8.86. The minimum atomic E-state index is 0.756. The fourth-order valence-electron chi connectivity index (χ4n) is 3.24. The van der Waals surface area contributed by atoms with Crippen LogP contribution in [-0.4, -0.2) is 18.3 Å². The van der Waals surface area contributed by atoms with Crippen molar-refractivity contribution in [3.05, 3.63) is 29.8 Å². The molecule has 0 bridgehead atoms. The van der Waals surface area contributed by atoms with Gasteiger partial charge in [-0.05, 0) is 36.9 Å². The van der Waals surface area contributed by atoms with Crippen LogP contribution in [0.2, 0.25) is 0 Å². The van der Waals surface area contributed by atoms with E-state index in [0.29, 0.717) is 0 Å². The topological polar surface area (TPSA) is 12.0 Å². The van der Waals surface area contributed by atoms with Gasteiger partial charge in [0.1, 0.15) is 0 Å². The zero-order valence-electron chi connectivity index (χ0n) is 11.0.